The molecular weight excluding hydrogens is 206 g/mol. The molecular formula is C16H15N. The average Bonchev–Trinajstić information content (AvgIpc) is 2.41. The van der Waals surface area contributed by atoms with Crippen molar-refractivity contribution < 1.29 is 0 Å². The van der Waals surface area contributed by atoms with Gasteiger partial charge in [0.05, 0.1) is 0 Å². The lowest BCUT2D eigenvalue weighted by Crippen LogP contribution is -2.12. The molecule has 0 amide bonds. The topological polar surface area (TPSA) is 12.0 Å². The first kappa shape index (κ1) is 11.4. The summed E-state index contributed by atoms with van der Waals surface area (Å²) in [5, 5.41) is 3.40. The second kappa shape index (κ2) is 5.89. The average molecular weight is 221 g/mol. The summed E-state index contributed by atoms with van der Waals surface area (Å²) in [5.41, 5.74) is 3.48. The number of benzene rings is 2. The van der Waals surface area contributed by atoms with E-state index in [2.05, 4.69) is 47.6 Å². The van der Waals surface area contributed by atoms with Crippen molar-refractivity contribution in [3.05, 3.63) is 71.3 Å². The normalized spacial score (nSPS) is 9.82. The first-order chi connectivity index (χ1) is 8.38. The number of rotatable bonds is 4. The third-order valence-electron chi connectivity index (χ3n) is 2.62. The van der Waals surface area contributed by atoms with Gasteiger partial charge in [-0.2, -0.15) is 0 Å². The van der Waals surface area contributed by atoms with Crippen LogP contribution in [0.5, 0.6) is 0 Å². The van der Waals surface area contributed by atoms with Crippen LogP contribution in [0.25, 0.3) is 0 Å². The van der Waals surface area contributed by atoms with Gasteiger partial charge in [-0.05, 0) is 23.3 Å². The van der Waals surface area contributed by atoms with E-state index in [0.717, 1.165) is 18.7 Å². The quantitative estimate of drug-likeness (QED) is 0.783. The molecule has 1 N–H and O–H groups in total. The molecule has 17 heavy (non-hydrogen) atoms. The van der Waals surface area contributed by atoms with Gasteiger partial charge in [0.2, 0.25) is 0 Å². The minimum atomic E-state index is 0.861. The fraction of sp³-hybridized carbons (Fsp3) is 0.125. The third-order valence-corrected chi connectivity index (χ3v) is 2.62. The number of nitrogens with one attached hydrogen (secondary N) is 1. The molecule has 0 unspecified atom stereocenters. The Bertz CT molecular complexity index is 491. The van der Waals surface area contributed by atoms with E-state index in [1.165, 1.54) is 11.1 Å². The van der Waals surface area contributed by atoms with Crippen LogP contribution in [-0.4, -0.2) is 0 Å². The highest BCUT2D eigenvalue weighted by atomic mass is 14.8. The lowest BCUT2D eigenvalue weighted by molar-refractivity contribution is 0.693. The molecule has 0 aliphatic rings. The monoisotopic (exact) mass is 221 g/mol. The smallest absolute Gasteiger partial charge is 0.0242 e. The van der Waals surface area contributed by atoms with E-state index in [4.69, 9.17) is 6.42 Å². The maximum Gasteiger partial charge on any atom is 0.0242 e. The molecule has 0 atom stereocenters. The van der Waals surface area contributed by atoms with E-state index in [1.54, 1.807) is 0 Å². The molecule has 0 radical (unpaired) electrons. The van der Waals surface area contributed by atoms with Crippen LogP contribution in [0.3, 0.4) is 0 Å². The summed E-state index contributed by atoms with van der Waals surface area (Å²) < 4.78 is 0. The minimum Gasteiger partial charge on any atom is -0.309 e. The molecule has 0 bridgehead atoms. The van der Waals surface area contributed by atoms with Gasteiger partial charge in [0, 0.05) is 18.7 Å². The van der Waals surface area contributed by atoms with Crippen LogP contribution in [-0.2, 0) is 13.1 Å². The van der Waals surface area contributed by atoms with Crippen LogP contribution >= 0.6 is 0 Å². The zero-order chi connectivity index (χ0) is 11.9. The molecule has 2 aromatic rings. The first-order valence-corrected chi connectivity index (χ1v) is 5.68. The Kier molecular flexibility index (Phi) is 3.96. The van der Waals surface area contributed by atoms with Gasteiger partial charge in [0.15, 0.2) is 0 Å². The van der Waals surface area contributed by atoms with E-state index in [-0.39, 0.29) is 0 Å². The van der Waals surface area contributed by atoms with Crippen molar-refractivity contribution in [3.63, 3.8) is 0 Å². The molecule has 0 heterocycles. The summed E-state index contributed by atoms with van der Waals surface area (Å²) in [6.45, 7) is 1.75. The fourth-order valence-electron chi connectivity index (χ4n) is 1.67. The van der Waals surface area contributed by atoms with Gasteiger partial charge in [-0.15, -0.1) is 6.42 Å². The van der Waals surface area contributed by atoms with E-state index < -0.39 is 0 Å². The van der Waals surface area contributed by atoms with Crippen LogP contribution in [0.2, 0.25) is 0 Å². The standard InChI is InChI=1S/C16H15N/c1-2-14-8-10-16(11-9-14)13-17-12-15-6-4-3-5-7-15/h1,3-11,17H,12-13H2. The zero-order valence-electron chi connectivity index (χ0n) is 9.69. The lowest BCUT2D eigenvalue weighted by atomic mass is 10.1. The highest BCUT2D eigenvalue weighted by Gasteiger charge is 1.94. The molecule has 0 aliphatic carbocycles. The van der Waals surface area contributed by atoms with Crippen molar-refractivity contribution in [3.8, 4) is 12.3 Å². The Morgan fingerprint density at radius 2 is 1.41 bits per heavy atom. The largest absolute Gasteiger partial charge is 0.309 e. The summed E-state index contributed by atoms with van der Waals surface area (Å²) in [5.74, 6) is 2.62. The maximum atomic E-state index is 5.31. The molecule has 84 valence electrons. The lowest BCUT2D eigenvalue weighted by Gasteiger charge is -2.05. The number of hydrogen-bond acceptors (Lipinski definition) is 1. The van der Waals surface area contributed by atoms with Gasteiger partial charge >= 0.3 is 0 Å². The van der Waals surface area contributed by atoms with Crippen LogP contribution in [0.4, 0.5) is 0 Å². The summed E-state index contributed by atoms with van der Waals surface area (Å²) in [4.78, 5) is 0. The molecule has 0 saturated heterocycles. The van der Waals surface area contributed by atoms with Crippen LogP contribution < -0.4 is 5.32 Å². The van der Waals surface area contributed by atoms with Gasteiger partial charge in [-0.25, -0.2) is 0 Å². The molecule has 0 spiro atoms. The Morgan fingerprint density at radius 1 is 0.824 bits per heavy atom. The SMILES string of the molecule is C#Cc1ccc(CNCc2ccccc2)cc1. The second-order valence-electron chi connectivity index (χ2n) is 3.93. The van der Waals surface area contributed by atoms with Gasteiger partial charge in [-0.3, -0.25) is 0 Å². The van der Waals surface area contributed by atoms with Crippen molar-refractivity contribution in [1.82, 2.24) is 5.32 Å². The first-order valence-electron chi connectivity index (χ1n) is 5.68. The molecule has 0 saturated carbocycles. The van der Waals surface area contributed by atoms with Crippen LogP contribution in [0, 0.1) is 12.3 Å². The Labute approximate surface area is 102 Å². The summed E-state index contributed by atoms with van der Waals surface area (Å²) in [6, 6.07) is 18.4. The molecule has 2 aromatic carbocycles. The maximum absolute atomic E-state index is 5.31. The molecule has 0 aromatic heterocycles. The van der Waals surface area contributed by atoms with Gasteiger partial charge in [0.1, 0.15) is 0 Å². The van der Waals surface area contributed by atoms with Crippen molar-refractivity contribution >= 4 is 0 Å². The molecule has 1 heteroatoms. The van der Waals surface area contributed by atoms with Gasteiger partial charge in [0.25, 0.3) is 0 Å². The van der Waals surface area contributed by atoms with Gasteiger partial charge < -0.3 is 5.32 Å². The Morgan fingerprint density at radius 3 is 2.00 bits per heavy atom. The van der Waals surface area contributed by atoms with E-state index in [0.29, 0.717) is 0 Å². The zero-order valence-corrected chi connectivity index (χ0v) is 9.69. The van der Waals surface area contributed by atoms with Crippen LogP contribution in [0.15, 0.2) is 54.6 Å². The fourth-order valence-corrected chi connectivity index (χ4v) is 1.67. The predicted molar refractivity (Wildman–Crippen MR) is 71.4 cm³/mol. The van der Waals surface area contributed by atoms with Crippen LogP contribution in [0.1, 0.15) is 16.7 Å². The minimum absolute atomic E-state index is 0.861. The van der Waals surface area contributed by atoms with Gasteiger partial charge in [-0.1, -0.05) is 48.4 Å². The van der Waals surface area contributed by atoms with E-state index in [9.17, 15) is 0 Å². The molecule has 0 aliphatic heterocycles. The summed E-state index contributed by atoms with van der Waals surface area (Å²) >= 11 is 0. The predicted octanol–water partition coefficient (Wildman–Crippen LogP) is 2.96. The second-order valence-corrected chi connectivity index (χ2v) is 3.93. The molecule has 0 fully saturated rings. The van der Waals surface area contributed by atoms with E-state index >= 15 is 0 Å². The molecule has 2 rings (SSSR count). The highest BCUT2D eigenvalue weighted by molar-refractivity contribution is 5.34. The van der Waals surface area contributed by atoms with Crippen molar-refractivity contribution in [2.45, 2.75) is 13.1 Å². The van der Waals surface area contributed by atoms with Crippen molar-refractivity contribution in [2.75, 3.05) is 0 Å². The number of hydrogen-bond donors (Lipinski definition) is 1. The molecule has 1 nitrogen and oxygen atoms in total. The van der Waals surface area contributed by atoms with Crippen molar-refractivity contribution in [1.29, 1.82) is 0 Å². The summed E-state index contributed by atoms with van der Waals surface area (Å²) in [7, 11) is 0. The third kappa shape index (κ3) is 3.48. The highest BCUT2D eigenvalue weighted by Crippen LogP contribution is 2.04. The Hall–Kier alpha value is -2.04. The Balaban J connectivity index is 1.84. The summed E-state index contributed by atoms with van der Waals surface area (Å²) in [6.07, 6.45) is 5.31. The van der Waals surface area contributed by atoms with Crippen molar-refractivity contribution in [2.24, 2.45) is 0 Å². The van der Waals surface area contributed by atoms with E-state index in [1.807, 2.05) is 18.2 Å². The number of terminal acetylenes is 1.